The monoisotopic (exact) mass is 423 g/mol. The highest BCUT2D eigenvalue weighted by atomic mass is 19.4. The fourth-order valence-corrected chi connectivity index (χ4v) is 4.79. The number of likely N-dealkylation sites (tertiary alicyclic amines) is 1. The third kappa shape index (κ3) is 3.89. The summed E-state index contributed by atoms with van der Waals surface area (Å²) >= 11 is 0. The van der Waals surface area contributed by atoms with Crippen molar-refractivity contribution in [1.29, 1.82) is 0 Å². The second-order valence-electron chi connectivity index (χ2n) is 8.53. The Kier molecular flexibility index (Phi) is 5.23. The van der Waals surface area contributed by atoms with Gasteiger partial charge in [-0.3, -0.25) is 14.5 Å². The van der Waals surface area contributed by atoms with Crippen molar-refractivity contribution in [2.45, 2.75) is 56.8 Å². The van der Waals surface area contributed by atoms with Gasteiger partial charge in [0.25, 0.3) is 5.91 Å². The smallest absolute Gasteiger partial charge is 0.338 e. The van der Waals surface area contributed by atoms with E-state index in [0.717, 1.165) is 31.4 Å². The van der Waals surface area contributed by atoms with Crippen LogP contribution in [-0.2, 0) is 22.3 Å². The van der Waals surface area contributed by atoms with Crippen LogP contribution in [0.15, 0.2) is 24.3 Å². The highest BCUT2D eigenvalue weighted by Crippen LogP contribution is 2.35. The van der Waals surface area contributed by atoms with E-state index in [-0.39, 0.29) is 37.2 Å². The Bertz CT molecular complexity index is 865. The molecule has 0 radical (unpaired) electrons. The lowest BCUT2D eigenvalue weighted by Gasteiger charge is -2.30. The number of benzene rings is 1. The molecule has 4 rings (SSSR count). The predicted molar refractivity (Wildman–Crippen MR) is 101 cm³/mol. The number of hydrogen-bond acceptors (Lipinski definition) is 3. The molecule has 9 heteroatoms. The van der Waals surface area contributed by atoms with Gasteiger partial charge < -0.3 is 10.2 Å². The van der Waals surface area contributed by atoms with E-state index in [2.05, 4.69) is 5.32 Å². The molecule has 3 aliphatic rings. The standard InChI is InChI=1S/C21H24F3N3O3/c22-21(23,24)16-6-4-5-14(9-16)11-26-12-15(10-17(26)28)13-27-18(29)20(25-19(27)30)7-2-1-3-8-20/h4-6,9,15H,1-3,7-8,10-13H2,(H,25,30). The van der Waals surface area contributed by atoms with Gasteiger partial charge in [0, 0.05) is 32.0 Å². The normalized spacial score (nSPS) is 24.1. The number of carbonyl (C=O) groups excluding carboxylic acids is 3. The van der Waals surface area contributed by atoms with Crippen LogP contribution in [0.25, 0.3) is 0 Å². The van der Waals surface area contributed by atoms with Crippen LogP contribution < -0.4 is 5.32 Å². The Morgan fingerprint density at radius 2 is 1.83 bits per heavy atom. The number of nitrogens with zero attached hydrogens (tertiary/aromatic N) is 2. The Labute approximate surface area is 172 Å². The molecule has 2 heterocycles. The number of alkyl halides is 3. The predicted octanol–water partition coefficient (Wildman–Crippen LogP) is 3.31. The first-order valence-electron chi connectivity index (χ1n) is 10.3. The molecule has 1 spiro atoms. The van der Waals surface area contributed by atoms with Crippen LogP contribution >= 0.6 is 0 Å². The Balaban J connectivity index is 1.40. The first kappa shape index (κ1) is 20.7. The summed E-state index contributed by atoms with van der Waals surface area (Å²) in [6.45, 7) is 0.527. The van der Waals surface area contributed by atoms with E-state index in [0.29, 0.717) is 24.9 Å². The molecule has 6 nitrogen and oxygen atoms in total. The minimum Gasteiger partial charge on any atom is -0.338 e. The van der Waals surface area contributed by atoms with Gasteiger partial charge in [-0.2, -0.15) is 13.2 Å². The Morgan fingerprint density at radius 3 is 2.53 bits per heavy atom. The summed E-state index contributed by atoms with van der Waals surface area (Å²) in [7, 11) is 0. The van der Waals surface area contributed by atoms with E-state index in [9.17, 15) is 27.6 Å². The summed E-state index contributed by atoms with van der Waals surface area (Å²) < 4.78 is 38.7. The van der Waals surface area contributed by atoms with Crippen LogP contribution in [-0.4, -0.2) is 46.3 Å². The Morgan fingerprint density at radius 1 is 1.10 bits per heavy atom. The third-order valence-electron chi connectivity index (χ3n) is 6.32. The summed E-state index contributed by atoms with van der Waals surface area (Å²) in [4.78, 5) is 40.4. The number of carbonyl (C=O) groups is 3. The molecule has 1 aromatic rings. The minimum atomic E-state index is -4.44. The van der Waals surface area contributed by atoms with E-state index >= 15 is 0 Å². The molecule has 1 aromatic carbocycles. The van der Waals surface area contributed by atoms with Crippen LogP contribution in [0.5, 0.6) is 0 Å². The summed E-state index contributed by atoms with van der Waals surface area (Å²) in [6.07, 6.45) is -0.153. The fourth-order valence-electron chi connectivity index (χ4n) is 4.79. The molecule has 0 aromatic heterocycles. The third-order valence-corrected chi connectivity index (χ3v) is 6.32. The van der Waals surface area contributed by atoms with Crippen molar-refractivity contribution in [1.82, 2.24) is 15.1 Å². The van der Waals surface area contributed by atoms with Crippen LogP contribution in [0.2, 0.25) is 0 Å². The van der Waals surface area contributed by atoms with Gasteiger partial charge in [0.1, 0.15) is 5.54 Å². The largest absolute Gasteiger partial charge is 0.416 e. The zero-order valence-corrected chi connectivity index (χ0v) is 16.5. The zero-order chi connectivity index (χ0) is 21.5. The molecule has 3 fully saturated rings. The molecule has 0 bridgehead atoms. The van der Waals surface area contributed by atoms with Gasteiger partial charge in [-0.05, 0) is 30.5 Å². The molecule has 1 aliphatic carbocycles. The van der Waals surface area contributed by atoms with Crippen LogP contribution in [0.1, 0.15) is 49.7 Å². The summed E-state index contributed by atoms with van der Waals surface area (Å²) in [5, 5.41) is 2.86. The molecule has 162 valence electrons. The molecule has 4 amide bonds. The molecule has 1 atom stereocenters. The topological polar surface area (TPSA) is 69.7 Å². The first-order chi connectivity index (χ1) is 14.2. The average Bonchev–Trinajstić information content (AvgIpc) is 3.14. The van der Waals surface area contributed by atoms with E-state index < -0.39 is 23.3 Å². The van der Waals surface area contributed by atoms with Crippen LogP contribution in [0.4, 0.5) is 18.0 Å². The molecule has 1 saturated carbocycles. The number of imide groups is 1. The van der Waals surface area contributed by atoms with E-state index in [1.807, 2.05) is 0 Å². The van der Waals surface area contributed by atoms with Crippen molar-refractivity contribution in [3.63, 3.8) is 0 Å². The summed E-state index contributed by atoms with van der Waals surface area (Å²) in [5.74, 6) is -0.621. The van der Waals surface area contributed by atoms with E-state index in [1.54, 1.807) is 6.07 Å². The number of hydrogen-bond donors (Lipinski definition) is 1. The fraction of sp³-hybridized carbons (Fsp3) is 0.571. The van der Waals surface area contributed by atoms with Crippen molar-refractivity contribution >= 4 is 17.8 Å². The molecule has 1 N–H and O–H groups in total. The van der Waals surface area contributed by atoms with Gasteiger partial charge in [-0.15, -0.1) is 0 Å². The molecule has 2 aliphatic heterocycles. The zero-order valence-electron chi connectivity index (χ0n) is 16.5. The molecule has 1 unspecified atom stereocenters. The van der Waals surface area contributed by atoms with Gasteiger partial charge in [-0.25, -0.2) is 4.79 Å². The molecule has 2 saturated heterocycles. The van der Waals surface area contributed by atoms with Crippen molar-refractivity contribution in [3.8, 4) is 0 Å². The SMILES string of the molecule is O=C1CC(CN2C(=O)NC3(CCCCC3)C2=O)CN1Cc1cccc(C(F)(F)F)c1. The minimum absolute atomic E-state index is 0.0728. The molecule has 30 heavy (non-hydrogen) atoms. The maximum absolute atomic E-state index is 12.9. The maximum Gasteiger partial charge on any atom is 0.416 e. The van der Waals surface area contributed by atoms with Crippen molar-refractivity contribution in [2.75, 3.05) is 13.1 Å². The number of rotatable bonds is 4. The lowest BCUT2D eigenvalue weighted by Crippen LogP contribution is -2.48. The van der Waals surface area contributed by atoms with Gasteiger partial charge in [0.05, 0.1) is 5.56 Å². The second kappa shape index (κ2) is 7.59. The van der Waals surface area contributed by atoms with Crippen LogP contribution in [0, 0.1) is 5.92 Å². The number of amides is 4. The van der Waals surface area contributed by atoms with Crippen LogP contribution in [0.3, 0.4) is 0 Å². The molecular formula is C21H24F3N3O3. The van der Waals surface area contributed by atoms with E-state index in [4.69, 9.17) is 0 Å². The quantitative estimate of drug-likeness (QED) is 0.756. The maximum atomic E-state index is 12.9. The van der Waals surface area contributed by atoms with Crippen molar-refractivity contribution in [2.24, 2.45) is 5.92 Å². The molecular weight excluding hydrogens is 399 g/mol. The number of nitrogens with one attached hydrogen (secondary N) is 1. The summed E-state index contributed by atoms with van der Waals surface area (Å²) in [5.41, 5.74) is -1.15. The lowest BCUT2D eigenvalue weighted by atomic mass is 9.81. The van der Waals surface area contributed by atoms with Gasteiger partial charge in [0.2, 0.25) is 5.91 Å². The first-order valence-corrected chi connectivity index (χ1v) is 10.3. The van der Waals surface area contributed by atoms with Gasteiger partial charge >= 0.3 is 12.2 Å². The van der Waals surface area contributed by atoms with Gasteiger partial charge in [0.15, 0.2) is 0 Å². The average molecular weight is 423 g/mol. The van der Waals surface area contributed by atoms with Crippen molar-refractivity contribution in [3.05, 3.63) is 35.4 Å². The van der Waals surface area contributed by atoms with E-state index in [1.165, 1.54) is 15.9 Å². The number of urea groups is 1. The highest BCUT2D eigenvalue weighted by molar-refractivity contribution is 6.07. The summed E-state index contributed by atoms with van der Waals surface area (Å²) in [6, 6.07) is 4.51. The highest BCUT2D eigenvalue weighted by Gasteiger charge is 2.52. The van der Waals surface area contributed by atoms with Gasteiger partial charge in [-0.1, -0.05) is 31.4 Å². The second-order valence-corrected chi connectivity index (χ2v) is 8.53. The Hall–Kier alpha value is -2.58. The lowest BCUT2D eigenvalue weighted by molar-refractivity contribution is -0.137. The van der Waals surface area contributed by atoms with Crippen molar-refractivity contribution < 1.29 is 27.6 Å². The number of halogens is 3.